The SMILES string of the molecule is CCNC(c1nc(C)c(C)s1)c1ccccc1OCC. The summed E-state index contributed by atoms with van der Waals surface area (Å²) in [5.74, 6) is 0.937. The van der Waals surface area contributed by atoms with Crippen LogP contribution in [0.3, 0.4) is 0 Å². The summed E-state index contributed by atoms with van der Waals surface area (Å²) in [6.45, 7) is 9.87. The maximum atomic E-state index is 5.76. The van der Waals surface area contributed by atoms with Crippen LogP contribution >= 0.6 is 11.3 Å². The Balaban J connectivity index is 2.42. The van der Waals surface area contributed by atoms with Crippen molar-refractivity contribution in [3.8, 4) is 5.75 Å². The van der Waals surface area contributed by atoms with Gasteiger partial charge in [0.25, 0.3) is 0 Å². The number of para-hydroxylation sites is 1. The number of rotatable bonds is 6. The third kappa shape index (κ3) is 3.19. The lowest BCUT2D eigenvalue weighted by Crippen LogP contribution is -2.22. The number of hydrogen-bond donors (Lipinski definition) is 1. The fourth-order valence-electron chi connectivity index (χ4n) is 2.16. The van der Waals surface area contributed by atoms with Crippen molar-refractivity contribution in [1.82, 2.24) is 10.3 Å². The molecule has 0 aliphatic heterocycles. The van der Waals surface area contributed by atoms with Gasteiger partial charge in [-0.25, -0.2) is 4.98 Å². The number of aryl methyl sites for hydroxylation is 2. The van der Waals surface area contributed by atoms with E-state index in [-0.39, 0.29) is 6.04 Å². The molecule has 0 amide bonds. The van der Waals surface area contributed by atoms with Crippen LogP contribution in [0.5, 0.6) is 5.75 Å². The molecule has 20 heavy (non-hydrogen) atoms. The molecule has 0 bridgehead atoms. The first-order chi connectivity index (χ1) is 9.67. The highest BCUT2D eigenvalue weighted by Gasteiger charge is 2.21. The highest BCUT2D eigenvalue weighted by Crippen LogP contribution is 2.33. The van der Waals surface area contributed by atoms with E-state index in [1.807, 2.05) is 19.1 Å². The van der Waals surface area contributed by atoms with Crippen molar-refractivity contribution in [2.45, 2.75) is 33.7 Å². The quantitative estimate of drug-likeness (QED) is 0.877. The predicted molar refractivity (Wildman–Crippen MR) is 84.7 cm³/mol. The van der Waals surface area contributed by atoms with E-state index in [1.165, 1.54) is 4.88 Å². The Morgan fingerprint density at radius 1 is 1.25 bits per heavy atom. The van der Waals surface area contributed by atoms with Crippen LogP contribution in [-0.2, 0) is 0 Å². The molecule has 0 radical (unpaired) electrons. The van der Waals surface area contributed by atoms with E-state index >= 15 is 0 Å². The highest BCUT2D eigenvalue weighted by molar-refractivity contribution is 7.11. The monoisotopic (exact) mass is 290 g/mol. The summed E-state index contributed by atoms with van der Waals surface area (Å²) < 4.78 is 5.76. The zero-order chi connectivity index (χ0) is 14.5. The Bertz CT molecular complexity index is 546. The lowest BCUT2D eigenvalue weighted by atomic mass is 10.1. The van der Waals surface area contributed by atoms with Crippen molar-refractivity contribution in [2.24, 2.45) is 0 Å². The van der Waals surface area contributed by atoms with Gasteiger partial charge in [0.05, 0.1) is 18.3 Å². The first kappa shape index (κ1) is 15.0. The lowest BCUT2D eigenvalue weighted by molar-refractivity contribution is 0.333. The van der Waals surface area contributed by atoms with Crippen LogP contribution in [0.1, 0.15) is 41.0 Å². The fourth-order valence-corrected chi connectivity index (χ4v) is 3.18. The molecular weight excluding hydrogens is 268 g/mol. The van der Waals surface area contributed by atoms with Crippen LogP contribution in [0.4, 0.5) is 0 Å². The summed E-state index contributed by atoms with van der Waals surface area (Å²) in [6, 6.07) is 8.30. The molecule has 1 aromatic carbocycles. The zero-order valence-electron chi connectivity index (χ0n) is 12.6. The van der Waals surface area contributed by atoms with Gasteiger partial charge in [0.15, 0.2) is 0 Å². The van der Waals surface area contributed by atoms with Gasteiger partial charge in [-0.3, -0.25) is 0 Å². The van der Waals surface area contributed by atoms with Gasteiger partial charge in [-0.15, -0.1) is 11.3 Å². The Labute approximate surface area is 125 Å². The zero-order valence-corrected chi connectivity index (χ0v) is 13.4. The molecule has 0 fully saturated rings. The molecule has 0 saturated carbocycles. The van der Waals surface area contributed by atoms with Crippen molar-refractivity contribution in [1.29, 1.82) is 0 Å². The minimum Gasteiger partial charge on any atom is -0.494 e. The molecule has 3 nitrogen and oxygen atoms in total. The number of nitrogens with zero attached hydrogens (tertiary/aromatic N) is 1. The second-order valence-corrected chi connectivity index (χ2v) is 5.89. The van der Waals surface area contributed by atoms with Gasteiger partial charge in [-0.05, 0) is 33.4 Å². The van der Waals surface area contributed by atoms with Gasteiger partial charge in [0.2, 0.25) is 0 Å². The number of benzene rings is 1. The summed E-state index contributed by atoms with van der Waals surface area (Å²) in [4.78, 5) is 5.98. The number of ether oxygens (including phenoxy) is 1. The molecule has 0 aliphatic rings. The van der Waals surface area contributed by atoms with E-state index in [4.69, 9.17) is 9.72 Å². The van der Waals surface area contributed by atoms with Crippen molar-refractivity contribution in [3.05, 3.63) is 45.4 Å². The lowest BCUT2D eigenvalue weighted by Gasteiger charge is -2.19. The number of nitrogens with one attached hydrogen (secondary N) is 1. The molecule has 0 aliphatic carbocycles. The van der Waals surface area contributed by atoms with Crippen LogP contribution in [0.2, 0.25) is 0 Å². The molecule has 1 atom stereocenters. The third-order valence-electron chi connectivity index (χ3n) is 3.23. The second-order valence-electron chi connectivity index (χ2n) is 4.66. The average Bonchev–Trinajstić information content (AvgIpc) is 2.77. The normalized spacial score (nSPS) is 12.4. The summed E-state index contributed by atoms with van der Waals surface area (Å²) in [7, 11) is 0. The highest BCUT2D eigenvalue weighted by atomic mass is 32.1. The van der Waals surface area contributed by atoms with Crippen LogP contribution < -0.4 is 10.1 Å². The van der Waals surface area contributed by atoms with Gasteiger partial charge in [0.1, 0.15) is 10.8 Å². The minimum atomic E-state index is 0.0974. The van der Waals surface area contributed by atoms with Crippen LogP contribution in [0.25, 0.3) is 0 Å². The van der Waals surface area contributed by atoms with Crippen LogP contribution in [0.15, 0.2) is 24.3 Å². The Hall–Kier alpha value is -1.39. The maximum Gasteiger partial charge on any atom is 0.124 e. The summed E-state index contributed by atoms with van der Waals surface area (Å²) in [5, 5.41) is 4.63. The number of thiazole rings is 1. The average molecular weight is 290 g/mol. The molecule has 1 heterocycles. The molecular formula is C16H22N2OS. The molecule has 0 saturated heterocycles. The van der Waals surface area contributed by atoms with E-state index in [0.29, 0.717) is 6.61 Å². The number of aromatic nitrogens is 1. The Kier molecular flexibility index (Phi) is 5.15. The van der Waals surface area contributed by atoms with Gasteiger partial charge >= 0.3 is 0 Å². The fraction of sp³-hybridized carbons (Fsp3) is 0.438. The topological polar surface area (TPSA) is 34.2 Å². The Morgan fingerprint density at radius 2 is 2.00 bits per heavy atom. The first-order valence-corrected chi connectivity index (χ1v) is 7.88. The second kappa shape index (κ2) is 6.86. The van der Waals surface area contributed by atoms with Gasteiger partial charge in [0, 0.05) is 10.4 Å². The van der Waals surface area contributed by atoms with Crippen LogP contribution in [-0.4, -0.2) is 18.1 Å². The molecule has 0 spiro atoms. The van der Waals surface area contributed by atoms with Gasteiger partial charge in [-0.1, -0.05) is 25.1 Å². The molecule has 1 aromatic heterocycles. The summed E-state index contributed by atoms with van der Waals surface area (Å²) in [6.07, 6.45) is 0. The molecule has 4 heteroatoms. The molecule has 2 rings (SSSR count). The number of hydrogen-bond acceptors (Lipinski definition) is 4. The largest absolute Gasteiger partial charge is 0.494 e. The predicted octanol–water partition coefficient (Wildman–Crippen LogP) is 3.86. The molecule has 1 N–H and O–H groups in total. The molecule has 2 aromatic rings. The minimum absolute atomic E-state index is 0.0974. The van der Waals surface area contributed by atoms with Gasteiger partial charge < -0.3 is 10.1 Å². The summed E-state index contributed by atoms with van der Waals surface area (Å²) >= 11 is 1.75. The maximum absolute atomic E-state index is 5.76. The summed E-state index contributed by atoms with van der Waals surface area (Å²) in [5.41, 5.74) is 2.27. The van der Waals surface area contributed by atoms with Crippen molar-refractivity contribution in [2.75, 3.05) is 13.2 Å². The van der Waals surface area contributed by atoms with Gasteiger partial charge in [-0.2, -0.15) is 0 Å². The smallest absolute Gasteiger partial charge is 0.124 e. The standard InChI is InChI=1S/C16H22N2OS/c1-5-17-15(16-18-11(3)12(4)20-16)13-9-7-8-10-14(13)19-6-2/h7-10,15,17H,5-6H2,1-4H3. The van der Waals surface area contributed by atoms with E-state index in [0.717, 1.165) is 28.6 Å². The van der Waals surface area contributed by atoms with Crippen molar-refractivity contribution < 1.29 is 4.74 Å². The third-order valence-corrected chi connectivity index (χ3v) is 4.37. The van der Waals surface area contributed by atoms with E-state index in [1.54, 1.807) is 11.3 Å². The Morgan fingerprint density at radius 3 is 2.60 bits per heavy atom. The van der Waals surface area contributed by atoms with E-state index in [9.17, 15) is 0 Å². The molecule has 1 unspecified atom stereocenters. The van der Waals surface area contributed by atoms with Crippen molar-refractivity contribution >= 4 is 11.3 Å². The van der Waals surface area contributed by atoms with E-state index < -0.39 is 0 Å². The van der Waals surface area contributed by atoms with E-state index in [2.05, 4.69) is 38.2 Å². The van der Waals surface area contributed by atoms with Crippen LogP contribution in [0, 0.1) is 13.8 Å². The first-order valence-electron chi connectivity index (χ1n) is 7.06. The molecule has 108 valence electrons. The van der Waals surface area contributed by atoms with Crippen molar-refractivity contribution in [3.63, 3.8) is 0 Å².